The summed E-state index contributed by atoms with van der Waals surface area (Å²) in [6.07, 6.45) is 0. The molecule has 0 atom stereocenters. The lowest BCUT2D eigenvalue weighted by Gasteiger charge is -2.09. The lowest BCUT2D eigenvalue weighted by atomic mass is 10.0. The fourth-order valence-electron chi connectivity index (χ4n) is 2.64. The number of hydrogen-bond donors (Lipinski definition) is 1. The Bertz CT molecular complexity index is 999. The molecule has 0 aliphatic carbocycles. The zero-order valence-electron chi connectivity index (χ0n) is 15.7. The van der Waals surface area contributed by atoms with Gasteiger partial charge in [-0.25, -0.2) is 9.59 Å². The Morgan fingerprint density at radius 2 is 1.55 bits per heavy atom. The average Bonchev–Trinajstić information content (AvgIpc) is 3.17. The van der Waals surface area contributed by atoms with E-state index in [-0.39, 0.29) is 12.2 Å². The third-order valence-electron chi connectivity index (χ3n) is 3.95. The van der Waals surface area contributed by atoms with Gasteiger partial charge in [0.1, 0.15) is 10.6 Å². The van der Waals surface area contributed by atoms with Gasteiger partial charge in [0.15, 0.2) is 6.61 Å². The fraction of sp³-hybridized carbons (Fsp3) is 0.136. The molecule has 0 radical (unpaired) electrons. The van der Waals surface area contributed by atoms with Crippen LogP contribution >= 0.6 is 11.3 Å². The van der Waals surface area contributed by atoms with Crippen molar-refractivity contribution in [2.75, 3.05) is 18.5 Å². The number of hydrogen-bond acceptors (Lipinski definition) is 6. The number of carbonyl (C=O) groups excluding carboxylic acids is 3. The van der Waals surface area contributed by atoms with Crippen LogP contribution in [-0.4, -0.2) is 31.1 Å². The smallest absolute Gasteiger partial charge is 0.341 e. The molecule has 0 aliphatic rings. The standard InChI is InChI=1S/C22H19NO5S/c1-2-27-22(26)19-17(15-9-5-3-6-10-15)14-29-20(19)23-18(24)13-28-21(25)16-11-7-4-8-12-16/h3-12,14H,2,13H2,1H3,(H,23,24). The van der Waals surface area contributed by atoms with Crippen LogP contribution in [0.5, 0.6) is 0 Å². The zero-order chi connectivity index (χ0) is 20.6. The van der Waals surface area contributed by atoms with E-state index >= 15 is 0 Å². The second-order valence-electron chi connectivity index (χ2n) is 5.93. The van der Waals surface area contributed by atoms with Crippen molar-refractivity contribution >= 4 is 34.2 Å². The molecule has 0 unspecified atom stereocenters. The van der Waals surface area contributed by atoms with Crippen molar-refractivity contribution < 1.29 is 23.9 Å². The summed E-state index contributed by atoms with van der Waals surface area (Å²) in [5.74, 6) is -1.66. The van der Waals surface area contributed by atoms with E-state index in [9.17, 15) is 14.4 Å². The number of carbonyl (C=O) groups is 3. The highest BCUT2D eigenvalue weighted by atomic mass is 32.1. The second-order valence-corrected chi connectivity index (χ2v) is 6.81. The molecule has 0 bridgehead atoms. The highest BCUT2D eigenvalue weighted by molar-refractivity contribution is 7.15. The topological polar surface area (TPSA) is 81.7 Å². The van der Waals surface area contributed by atoms with Gasteiger partial charge >= 0.3 is 11.9 Å². The molecule has 7 heteroatoms. The summed E-state index contributed by atoms with van der Waals surface area (Å²) < 4.78 is 10.2. The summed E-state index contributed by atoms with van der Waals surface area (Å²) in [6, 6.07) is 17.8. The number of ether oxygens (including phenoxy) is 2. The molecule has 148 valence electrons. The van der Waals surface area contributed by atoms with Crippen molar-refractivity contribution in [3.8, 4) is 11.1 Å². The van der Waals surface area contributed by atoms with Gasteiger partial charge in [-0.15, -0.1) is 11.3 Å². The maximum atomic E-state index is 12.5. The summed E-state index contributed by atoms with van der Waals surface area (Å²) in [4.78, 5) is 36.8. The van der Waals surface area contributed by atoms with Crippen molar-refractivity contribution in [1.29, 1.82) is 0 Å². The molecular weight excluding hydrogens is 390 g/mol. The predicted molar refractivity (Wildman–Crippen MR) is 111 cm³/mol. The first-order valence-corrected chi connectivity index (χ1v) is 9.84. The minimum Gasteiger partial charge on any atom is -0.462 e. The van der Waals surface area contributed by atoms with Crippen LogP contribution in [0.1, 0.15) is 27.6 Å². The Balaban J connectivity index is 1.74. The molecule has 0 saturated heterocycles. The number of esters is 2. The van der Waals surface area contributed by atoms with E-state index in [4.69, 9.17) is 9.47 Å². The number of benzene rings is 2. The maximum Gasteiger partial charge on any atom is 0.341 e. The zero-order valence-corrected chi connectivity index (χ0v) is 16.5. The molecule has 0 saturated carbocycles. The van der Waals surface area contributed by atoms with Crippen LogP contribution in [0.2, 0.25) is 0 Å². The monoisotopic (exact) mass is 409 g/mol. The van der Waals surface area contributed by atoms with E-state index in [1.54, 1.807) is 42.6 Å². The number of nitrogens with one attached hydrogen (secondary N) is 1. The first-order chi connectivity index (χ1) is 14.1. The third kappa shape index (κ3) is 5.08. The molecule has 0 fully saturated rings. The van der Waals surface area contributed by atoms with Gasteiger partial charge < -0.3 is 14.8 Å². The third-order valence-corrected chi connectivity index (χ3v) is 4.85. The second kappa shape index (κ2) is 9.66. The molecule has 1 amide bonds. The largest absolute Gasteiger partial charge is 0.462 e. The van der Waals surface area contributed by atoms with E-state index in [2.05, 4.69) is 5.32 Å². The quantitative estimate of drug-likeness (QED) is 0.586. The van der Waals surface area contributed by atoms with Gasteiger partial charge in [-0.2, -0.15) is 0 Å². The summed E-state index contributed by atoms with van der Waals surface area (Å²) in [5.41, 5.74) is 2.15. The Morgan fingerprint density at radius 3 is 2.21 bits per heavy atom. The minimum atomic E-state index is -0.595. The normalized spacial score (nSPS) is 10.2. The SMILES string of the molecule is CCOC(=O)c1c(-c2ccccc2)csc1NC(=O)COC(=O)c1ccccc1. The van der Waals surface area contributed by atoms with Crippen molar-refractivity contribution in [2.24, 2.45) is 0 Å². The summed E-state index contributed by atoms with van der Waals surface area (Å²) in [7, 11) is 0. The van der Waals surface area contributed by atoms with E-state index in [0.717, 1.165) is 5.56 Å². The van der Waals surface area contributed by atoms with Crippen LogP contribution in [0, 0.1) is 0 Å². The van der Waals surface area contributed by atoms with E-state index in [1.807, 2.05) is 30.3 Å². The van der Waals surface area contributed by atoms with Gasteiger partial charge in [-0.05, 0) is 24.6 Å². The summed E-state index contributed by atoms with van der Waals surface area (Å²) in [6.45, 7) is 1.47. The van der Waals surface area contributed by atoms with Crippen molar-refractivity contribution in [3.63, 3.8) is 0 Å². The van der Waals surface area contributed by atoms with E-state index in [0.29, 0.717) is 16.1 Å². The molecule has 2 aromatic carbocycles. The Morgan fingerprint density at radius 1 is 0.897 bits per heavy atom. The summed E-state index contributed by atoms with van der Waals surface area (Å²) in [5, 5.41) is 4.78. The van der Waals surface area contributed by atoms with Crippen LogP contribution < -0.4 is 5.32 Å². The van der Waals surface area contributed by atoms with Crippen LogP contribution in [0.15, 0.2) is 66.0 Å². The van der Waals surface area contributed by atoms with Gasteiger partial charge in [0.25, 0.3) is 5.91 Å². The molecule has 1 N–H and O–H groups in total. The van der Waals surface area contributed by atoms with Gasteiger partial charge in [0, 0.05) is 10.9 Å². The highest BCUT2D eigenvalue weighted by Crippen LogP contribution is 2.36. The summed E-state index contributed by atoms with van der Waals surface area (Å²) >= 11 is 1.21. The molecule has 0 spiro atoms. The van der Waals surface area contributed by atoms with Crippen molar-refractivity contribution in [1.82, 2.24) is 0 Å². The van der Waals surface area contributed by atoms with Crippen LogP contribution in [0.25, 0.3) is 11.1 Å². The van der Waals surface area contributed by atoms with Gasteiger partial charge in [0.05, 0.1) is 12.2 Å². The van der Waals surface area contributed by atoms with E-state index in [1.165, 1.54) is 11.3 Å². The van der Waals surface area contributed by atoms with Crippen molar-refractivity contribution in [2.45, 2.75) is 6.92 Å². The lowest BCUT2D eigenvalue weighted by molar-refractivity contribution is -0.119. The molecule has 1 heterocycles. The molecular formula is C22H19NO5S. The van der Waals surface area contributed by atoms with Crippen LogP contribution in [0.4, 0.5) is 5.00 Å². The molecule has 3 rings (SSSR count). The Labute approximate surface area is 172 Å². The lowest BCUT2D eigenvalue weighted by Crippen LogP contribution is -2.21. The minimum absolute atomic E-state index is 0.213. The van der Waals surface area contributed by atoms with Gasteiger partial charge in [-0.3, -0.25) is 4.79 Å². The maximum absolute atomic E-state index is 12.5. The van der Waals surface area contributed by atoms with Gasteiger partial charge in [-0.1, -0.05) is 48.5 Å². The van der Waals surface area contributed by atoms with Crippen LogP contribution in [-0.2, 0) is 14.3 Å². The molecule has 0 aliphatic heterocycles. The molecule has 1 aromatic heterocycles. The van der Waals surface area contributed by atoms with Crippen LogP contribution in [0.3, 0.4) is 0 Å². The molecule has 29 heavy (non-hydrogen) atoms. The first kappa shape index (κ1) is 20.3. The number of anilines is 1. The Hall–Kier alpha value is -3.45. The number of amides is 1. The Kier molecular flexibility index (Phi) is 6.76. The van der Waals surface area contributed by atoms with E-state index < -0.39 is 24.5 Å². The average molecular weight is 409 g/mol. The van der Waals surface area contributed by atoms with Crippen molar-refractivity contribution in [3.05, 3.63) is 77.2 Å². The predicted octanol–water partition coefficient (Wildman–Crippen LogP) is 4.39. The highest BCUT2D eigenvalue weighted by Gasteiger charge is 2.23. The molecule has 3 aromatic rings. The molecule has 6 nitrogen and oxygen atoms in total. The number of rotatable bonds is 7. The first-order valence-electron chi connectivity index (χ1n) is 8.96. The van der Waals surface area contributed by atoms with Gasteiger partial charge in [0.2, 0.25) is 0 Å². The fourth-order valence-corrected chi connectivity index (χ4v) is 3.61. The number of thiophene rings is 1.